The monoisotopic (exact) mass is 258 g/mol. The summed E-state index contributed by atoms with van der Waals surface area (Å²) >= 11 is 0. The fourth-order valence-corrected chi connectivity index (χ4v) is 2.21. The van der Waals surface area contributed by atoms with Gasteiger partial charge in [-0.15, -0.1) is 0 Å². The van der Waals surface area contributed by atoms with Gasteiger partial charge in [-0.1, -0.05) is 48.5 Å². The van der Waals surface area contributed by atoms with Gasteiger partial charge in [-0.2, -0.15) is 0 Å². The minimum absolute atomic E-state index is 0.535. The van der Waals surface area contributed by atoms with E-state index in [1.165, 1.54) is 5.57 Å². The molecule has 2 rings (SSSR count). The molecule has 1 aromatic rings. The first kappa shape index (κ1) is 13.8. The topological polar surface area (TPSA) is 24.8 Å². The SMILES string of the molecule is CC/C(=N\OCc1ccccc1)C1=CCCN(C)C1. The van der Waals surface area contributed by atoms with Crippen molar-refractivity contribution in [3.8, 4) is 0 Å². The highest BCUT2D eigenvalue weighted by Gasteiger charge is 2.13. The van der Waals surface area contributed by atoms with Crippen LogP contribution in [-0.4, -0.2) is 30.7 Å². The highest BCUT2D eigenvalue weighted by Crippen LogP contribution is 2.12. The zero-order valence-corrected chi connectivity index (χ0v) is 11.8. The lowest BCUT2D eigenvalue weighted by Gasteiger charge is -2.23. The maximum absolute atomic E-state index is 5.49. The van der Waals surface area contributed by atoms with Gasteiger partial charge >= 0.3 is 0 Å². The van der Waals surface area contributed by atoms with Crippen LogP contribution in [0.3, 0.4) is 0 Å². The second kappa shape index (κ2) is 7.10. The standard InChI is InChI=1S/C16H22N2O/c1-3-16(15-10-7-11-18(2)12-15)17-19-13-14-8-5-4-6-9-14/h4-6,8-10H,3,7,11-13H2,1-2H3/b17-16+. The largest absolute Gasteiger partial charge is 0.391 e. The summed E-state index contributed by atoms with van der Waals surface area (Å²) in [5.74, 6) is 0. The summed E-state index contributed by atoms with van der Waals surface area (Å²) in [6, 6.07) is 10.1. The van der Waals surface area contributed by atoms with E-state index in [9.17, 15) is 0 Å². The molecule has 0 radical (unpaired) electrons. The van der Waals surface area contributed by atoms with Crippen LogP contribution in [0.1, 0.15) is 25.3 Å². The zero-order chi connectivity index (χ0) is 13.5. The zero-order valence-electron chi connectivity index (χ0n) is 11.8. The van der Waals surface area contributed by atoms with Gasteiger partial charge in [0.15, 0.2) is 0 Å². The minimum atomic E-state index is 0.535. The molecule has 0 atom stereocenters. The molecule has 1 aliphatic heterocycles. The van der Waals surface area contributed by atoms with Crippen LogP contribution in [0.2, 0.25) is 0 Å². The van der Waals surface area contributed by atoms with Gasteiger partial charge in [-0.05, 0) is 31.0 Å². The van der Waals surface area contributed by atoms with Crippen LogP contribution in [0.4, 0.5) is 0 Å². The third-order valence-corrected chi connectivity index (χ3v) is 3.30. The summed E-state index contributed by atoms with van der Waals surface area (Å²) in [4.78, 5) is 7.81. The van der Waals surface area contributed by atoms with Crippen LogP contribution in [0, 0.1) is 0 Å². The Hall–Kier alpha value is -1.61. The molecule has 0 N–H and O–H groups in total. The fraction of sp³-hybridized carbons (Fsp3) is 0.438. The molecule has 1 aliphatic rings. The van der Waals surface area contributed by atoms with Crippen molar-refractivity contribution in [1.82, 2.24) is 4.90 Å². The predicted molar refractivity (Wildman–Crippen MR) is 79.2 cm³/mol. The van der Waals surface area contributed by atoms with Gasteiger partial charge in [0, 0.05) is 13.1 Å². The highest BCUT2D eigenvalue weighted by molar-refractivity contribution is 6.00. The summed E-state index contributed by atoms with van der Waals surface area (Å²) in [5, 5.41) is 4.32. The summed E-state index contributed by atoms with van der Waals surface area (Å²) < 4.78 is 0. The molecule has 0 spiro atoms. The molecule has 0 bridgehead atoms. The van der Waals surface area contributed by atoms with E-state index in [0.29, 0.717) is 6.61 Å². The van der Waals surface area contributed by atoms with Gasteiger partial charge in [0.05, 0.1) is 5.71 Å². The molecule has 3 nitrogen and oxygen atoms in total. The summed E-state index contributed by atoms with van der Waals surface area (Å²) in [6.07, 6.45) is 4.30. The molecular formula is C16H22N2O. The third kappa shape index (κ3) is 4.21. The number of nitrogens with zero attached hydrogens (tertiary/aromatic N) is 2. The van der Waals surface area contributed by atoms with Gasteiger partial charge in [-0.25, -0.2) is 0 Å². The molecular weight excluding hydrogens is 236 g/mol. The van der Waals surface area contributed by atoms with Gasteiger partial charge in [0.2, 0.25) is 0 Å². The molecule has 0 aliphatic carbocycles. The van der Waals surface area contributed by atoms with Gasteiger partial charge in [0.25, 0.3) is 0 Å². The molecule has 1 heterocycles. The maximum Gasteiger partial charge on any atom is 0.142 e. The van der Waals surface area contributed by atoms with E-state index in [0.717, 1.165) is 37.2 Å². The van der Waals surface area contributed by atoms with E-state index < -0.39 is 0 Å². The average molecular weight is 258 g/mol. The van der Waals surface area contributed by atoms with E-state index in [1.807, 2.05) is 18.2 Å². The Morgan fingerprint density at radius 1 is 1.32 bits per heavy atom. The van der Waals surface area contributed by atoms with E-state index in [4.69, 9.17) is 4.84 Å². The number of hydrogen-bond donors (Lipinski definition) is 0. The Balaban J connectivity index is 1.94. The lowest BCUT2D eigenvalue weighted by Crippen LogP contribution is -2.28. The maximum atomic E-state index is 5.49. The number of likely N-dealkylation sites (N-methyl/N-ethyl adjacent to an activating group) is 1. The third-order valence-electron chi connectivity index (χ3n) is 3.30. The Morgan fingerprint density at radius 2 is 2.11 bits per heavy atom. The molecule has 3 heteroatoms. The Kier molecular flexibility index (Phi) is 5.16. The number of oxime groups is 1. The van der Waals surface area contributed by atoms with Crippen LogP contribution in [-0.2, 0) is 11.4 Å². The molecule has 0 saturated carbocycles. The molecule has 102 valence electrons. The quantitative estimate of drug-likeness (QED) is 0.598. The molecule has 0 amide bonds. The number of hydrogen-bond acceptors (Lipinski definition) is 3. The lowest BCUT2D eigenvalue weighted by molar-refractivity contribution is 0.130. The van der Waals surface area contributed by atoms with Crippen LogP contribution in [0.25, 0.3) is 0 Å². The van der Waals surface area contributed by atoms with E-state index in [-0.39, 0.29) is 0 Å². The molecule has 0 aromatic heterocycles. The molecule has 0 unspecified atom stereocenters. The van der Waals surface area contributed by atoms with Crippen LogP contribution >= 0.6 is 0 Å². The molecule has 0 fully saturated rings. The Labute approximate surface area is 115 Å². The van der Waals surface area contributed by atoms with Crippen molar-refractivity contribution in [3.05, 3.63) is 47.5 Å². The summed E-state index contributed by atoms with van der Waals surface area (Å²) in [5.41, 5.74) is 3.53. The number of rotatable bonds is 5. The minimum Gasteiger partial charge on any atom is -0.391 e. The van der Waals surface area contributed by atoms with Crippen molar-refractivity contribution >= 4 is 5.71 Å². The van der Waals surface area contributed by atoms with Gasteiger partial charge in [-0.3, -0.25) is 0 Å². The van der Waals surface area contributed by atoms with Gasteiger partial charge in [0.1, 0.15) is 6.61 Å². The molecule has 19 heavy (non-hydrogen) atoms. The van der Waals surface area contributed by atoms with Crippen LogP contribution in [0.5, 0.6) is 0 Å². The van der Waals surface area contributed by atoms with Crippen molar-refractivity contribution < 1.29 is 4.84 Å². The van der Waals surface area contributed by atoms with E-state index in [2.05, 4.69) is 42.2 Å². The van der Waals surface area contributed by atoms with Gasteiger partial charge < -0.3 is 9.74 Å². The number of benzene rings is 1. The smallest absolute Gasteiger partial charge is 0.142 e. The normalized spacial score (nSPS) is 17.2. The first-order valence-electron chi connectivity index (χ1n) is 6.90. The summed E-state index contributed by atoms with van der Waals surface area (Å²) in [6.45, 7) is 4.76. The van der Waals surface area contributed by atoms with Crippen molar-refractivity contribution in [1.29, 1.82) is 0 Å². The second-order valence-electron chi connectivity index (χ2n) is 4.91. The predicted octanol–water partition coefficient (Wildman–Crippen LogP) is 3.23. The van der Waals surface area contributed by atoms with Crippen LogP contribution in [0.15, 0.2) is 47.1 Å². The average Bonchev–Trinajstić information content (AvgIpc) is 2.45. The lowest BCUT2D eigenvalue weighted by atomic mass is 10.0. The second-order valence-corrected chi connectivity index (χ2v) is 4.91. The van der Waals surface area contributed by atoms with Crippen molar-refractivity contribution in [2.45, 2.75) is 26.4 Å². The summed E-state index contributed by atoms with van der Waals surface area (Å²) in [7, 11) is 2.14. The van der Waals surface area contributed by atoms with E-state index in [1.54, 1.807) is 0 Å². The Morgan fingerprint density at radius 3 is 2.79 bits per heavy atom. The fourth-order valence-electron chi connectivity index (χ4n) is 2.21. The van der Waals surface area contributed by atoms with Crippen molar-refractivity contribution in [2.75, 3.05) is 20.1 Å². The highest BCUT2D eigenvalue weighted by atomic mass is 16.6. The molecule has 1 aromatic carbocycles. The first-order valence-corrected chi connectivity index (χ1v) is 6.90. The first-order chi connectivity index (χ1) is 9.29. The molecule has 0 saturated heterocycles. The van der Waals surface area contributed by atoms with Crippen molar-refractivity contribution in [3.63, 3.8) is 0 Å². The Bertz CT molecular complexity index is 451. The van der Waals surface area contributed by atoms with E-state index >= 15 is 0 Å². The van der Waals surface area contributed by atoms with Crippen LogP contribution < -0.4 is 0 Å². The van der Waals surface area contributed by atoms with Crippen molar-refractivity contribution in [2.24, 2.45) is 5.16 Å².